The number of amides is 1. The molecular formula is C23H24N2O3S. The predicted molar refractivity (Wildman–Crippen MR) is 117 cm³/mol. The second-order valence-electron chi connectivity index (χ2n) is 6.99. The largest absolute Gasteiger partial charge is 0.322 e. The zero-order valence-electron chi connectivity index (χ0n) is 16.9. The maximum Gasteiger partial charge on any atom is 0.264 e. The highest BCUT2D eigenvalue weighted by Gasteiger charge is 2.23. The average molecular weight is 409 g/mol. The highest BCUT2D eigenvalue weighted by molar-refractivity contribution is 7.92. The number of carbonyl (C=O) groups is 1. The molecule has 0 aromatic heterocycles. The standard InChI is InChI=1S/C23H24N2O3S/c1-16-10-7-13-21(18(16)3)24-23(26)19-11-8-12-20(15-19)29(27,28)25(4)22-14-6-5-9-17(22)2/h5-15H,1-4H3,(H,24,26). The monoisotopic (exact) mass is 408 g/mol. The van der Waals surface area contributed by atoms with Crippen LogP contribution in [-0.4, -0.2) is 21.4 Å². The van der Waals surface area contributed by atoms with E-state index < -0.39 is 10.0 Å². The van der Waals surface area contributed by atoms with Gasteiger partial charge in [-0.15, -0.1) is 0 Å². The molecule has 6 heteroatoms. The van der Waals surface area contributed by atoms with E-state index in [-0.39, 0.29) is 16.4 Å². The minimum absolute atomic E-state index is 0.0665. The minimum Gasteiger partial charge on any atom is -0.322 e. The van der Waals surface area contributed by atoms with Crippen molar-refractivity contribution in [3.63, 3.8) is 0 Å². The molecule has 3 rings (SSSR count). The fourth-order valence-corrected chi connectivity index (χ4v) is 4.39. The Hall–Kier alpha value is -3.12. The molecule has 0 aliphatic rings. The van der Waals surface area contributed by atoms with Gasteiger partial charge in [0.25, 0.3) is 15.9 Å². The Balaban J connectivity index is 1.91. The van der Waals surface area contributed by atoms with Gasteiger partial charge in [0.15, 0.2) is 0 Å². The van der Waals surface area contributed by atoms with Crippen molar-refractivity contribution in [2.75, 3.05) is 16.7 Å². The van der Waals surface area contributed by atoms with Gasteiger partial charge in [-0.2, -0.15) is 0 Å². The van der Waals surface area contributed by atoms with Crippen molar-refractivity contribution in [3.05, 3.63) is 89.0 Å². The van der Waals surface area contributed by atoms with E-state index in [4.69, 9.17) is 0 Å². The summed E-state index contributed by atoms with van der Waals surface area (Å²) in [6.07, 6.45) is 0. The second kappa shape index (κ2) is 8.09. The van der Waals surface area contributed by atoms with Gasteiger partial charge in [-0.1, -0.05) is 36.4 Å². The first kappa shape index (κ1) is 20.6. The molecule has 0 aliphatic carbocycles. The summed E-state index contributed by atoms with van der Waals surface area (Å²) in [7, 11) is -2.29. The molecule has 3 aromatic rings. The Morgan fingerprint density at radius 2 is 1.52 bits per heavy atom. The van der Waals surface area contributed by atoms with Crippen LogP contribution in [0.5, 0.6) is 0 Å². The van der Waals surface area contributed by atoms with Gasteiger partial charge in [0, 0.05) is 18.3 Å². The highest BCUT2D eigenvalue weighted by Crippen LogP contribution is 2.26. The SMILES string of the molecule is Cc1ccccc1N(C)S(=O)(=O)c1cccc(C(=O)Nc2cccc(C)c2C)c1. The zero-order valence-corrected chi connectivity index (χ0v) is 17.7. The fraction of sp³-hybridized carbons (Fsp3) is 0.174. The van der Waals surface area contributed by atoms with E-state index in [0.29, 0.717) is 11.4 Å². The maximum atomic E-state index is 13.1. The number of nitrogens with zero attached hydrogens (tertiary/aromatic N) is 1. The Kier molecular flexibility index (Phi) is 5.75. The van der Waals surface area contributed by atoms with Gasteiger partial charge < -0.3 is 5.32 Å². The Labute approximate surface area is 172 Å². The molecule has 5 nitrogen and oxygen atoms in total. The van der Waals surface area contributed by atoms with Crippen LogP contribution in [0.2, 0.25) is 0 Å². The minimum atomic E-state index is -3.80. The number of benzene rings is 3. The van der Waals surface area contributed by atoms with Gasteiger partial charge in [-0.3, -0.25) is 9.10 Å². The highest BCUT2D eigenvalue weighted by atomic mass is 32.2. The molecular weight excluding hydrogens is 384 g/mol. The van der Waals surface area contributed by atoms with Gasteiger partial charge in [0.1, 0.15) is 0 Å². The molecule has 0 heterocycles. The Morgan fingerprint density at radius 3 is 2.24 bits per heavy atom. The first-order valence-electron chi connectivity index (χ1n) is 9.24. The van der Waals surface area contributed by atoms with E-state index in [1.54, 1.807) is 24.3 Å². The van der Waals surface area contributed by atoms with Crippen LogP contribution in [0, 0.1) is 20.8 Å². The number of nitrogens with one attached hydrogen (secondary N) is 1. The molecule has 0 spiro atoms. The van der Waals surface area contributed by atoms with Gasteiger partial charge in [0.2, 0.25) is 0 Å². The number of sulfonamides is 1. The van der Waals surface area contributed by atoms with Crippen molar-refractivity contribution < 1.29 is 13.2 Å². The molecule has 0 bridgehead atoms. The van der Waals surface area contributed by atoms with Gasteiger partial charge in [0.05, 0.1) is 10.6 Å². The van der Waals surface area contributed by atoms with Gasteiger partial charge in [-0.05, 0) is 67.8 Å². The number of anilines is 2. The number of hydrogen-bond donors (Lipinski definition) is 1. The molecule has 0 atom stereocenters. The van der Waals surface area contributed by atoms with Crippen LogP contribution in [0.25, 0.3) is 0 Å². The molecule has 1 amide bonds. The maximum absolute atomic E-state index is 13.1. The van der Waals surface area contributed by atoms with Crippen LogP contribution in [0.15, 0.2) is 71.6 Å². The molecule has 0 saturated carbocycles. The van der Waals surface area contributed by atoms with Gasteiger partial charge in [-0.25, -0.2) is 8.42 Å². The third kappa shape index (κ3) is 4.17. The van der Waals surface area contributed by atoms with E-state index in [9.17, 15) is 13.2 Å². The molecule has 1 N–H and O–H groups in total. The third-order valence-corrected chi connectivity index (χ3v) is 6.83. The number of hydrogen-bond acceptors (Lipinski definition) is 3. The number of rotatable bonds is 5. The lowest BCUT2D eigenvalue weighted by atomic mass is 10.1. The lowest BCUT2D eigenvalue weighted by molar-refractivity contribution is 0.102. The van der Waals surface area contributed by atoms with Crippen molar-refractivity contribution >= 4 is 27.3 Å². The molecule has 0 aliphatic heterocycles. The first-order chi connectivity index (χ1) is 13.7. The Morgan fingerprint density at radius 1 is 0.862 bits per heavy atom. The van der Waals surface area contributed by atoms with Crippen molar-refractivity contribution in [1.82, 2.24) is 0 Å². The summed E-state index contributed by atoms with van der Waals surface area (Å²) in [5.41, 5.74) is 4.48. The van der Waals surface area contributed by atoms with Crippen molar-refractivity contribution in [1.29, 1.82) is 0 Å². The molecule has 0 saturated heterocycles. The lowest BCUT2D eigenvalue weighted by Gasteiger charge is -2.21. The number of para-hydroxylation sites is 1. The average Bonchev–Trinajstić information content (AvgIpc) is 2.71. The summed E-state index contributed by atoms with van der Waals surface area (Å²) in [6, 6.07) is 19.0. The Bertz CT molecular complexity index is 1170. The number of aryl methyl sites for hydroxylation is 2. The zero-order chi connectivity index (χ0) is 21.2. The summed E-state index contributed by atoms with van der Waals surface area (Å²) in [5.74, 6) is -0.353. The molecule has 3 aromatic carbocycles. The van der Waals surface area contributed by atoms with Crippen molar-refractivity contribution in [2.24, 2.45) is 0 Å². The van der Waals surface area contributed by atoms with Crippen LogP contribution in [-0.2, 0) is 10.0 Å². The smallest absolute Gasteiger partial charge is 0.264 e. The van der Waals surface area contributed by atoms with E-state index in [1.165, 1.54) is 23.5 Å². The molecule has 0 radical (unpaired) electrons. The number of carbonyl (C=O) groups excluding carboxylic acids is 1. The lowest BCUT2D eigenvalue weighted by Crippen LogP contribution is -2.27. The van der Waals surface area contributed by atoms with Crippen LogP contribution >= 0.6 is 0 Å². The summed E-state index contributed by atoms with van der Waals surface area (Å²) in [5, 5.41) is 2.87. The molecule has 150 valence electrons. The normalized spacial score (nSPS) is 11.2. The van der Waals surface area contributed by atoms with Crippen LogP contribution in [0.1, 0.15) is 27.0 Å². The third-order valence-electron chi connectivity index (χ3n) is 5.06. The van der Waals surface area contributed by atoms with E-state index in [1.807, 2.05) is 51.1 Å². The molecule has 0 unspecified atom stereocenters. The fourth-order valence-electron chi connectivity index (χ4n) is 3.08. The van der Waals surface area contributed by atoms with E-state index in [0.717, 1.165) is 16.7 Å². The van der Waals surface area contributed by atoms with Crippen LogP contribution < -0.4 is 9.62 Å². The predicted octanol–water partition coefficient (Wildman–Crippen LogP) is 4.69. The first-order valence-corrected chi connectivity index (χ1v) is 10.7. The van der Waals surface area contributed by atoms with Crippen LogP contribution in [0.3, 0.4) is 0 Å². The summed E-state index contributed by atoms with van der Waals surface area (Å²) >= 11 is 0. The quantitative estimate of drug-likeness (QED) is 0.666. The van der Waals surface area contributed by atoms with E-state index >= 15 is 0 Å². The molecule has 29 heavy (non-hydrogen) atoms. The summed E-state index contributed by atoms with van der Waals surface area (Å²) in [6.45, 7) is 5.76. The van der Waals surface area contributed by atoms with E-state index in [2.05, 4.69) is 5.32 Å². The molecule has 0 fully saturated rings. The summed E-state index contributed by atoms with van der Waals surface area (Å²) < 4.78 is 27.5. The summed E-state index contributed by atoms with van der Waals surface area (Å²) in [4.78, 5) is 12.8. The second-order valence-corrected chi connectivity index (χ2v) is 8.96. The van der Waals surface area contributed by atoms with Gasteiger partial charge >= 0.3 is 0 Å². The van der Waals surface area contributed by atoms with Crippen molar-refractivity contribution in [3.8, 4) is 0 Å². The topological polar surface area (TPSA) is 66.5 Å². The van der Waals surface area contributed by atoms with Crippen molar-refractivity contribution in [2.45, 2.75) is 25.7 Å². The van der Waals surface area contributed by atoms with Crippen LogP contribution in [0.4, 0.5) is 11.4 Å².